The summed E-state index contributed by atoms with van der Waals surface area (Å²) in [6, 6.07) is 44.6. The molecule has 1 saturated carbocycles. The summed E-state index contributed by atoms with van der Waals surface area (Å²) in [5, 5.41) is 0. The Balaban J connectivity index is 1.24. The lowest BCUT2D eigenvalue weighted by Gasteiger charge is -2.26. The van der Waals surface area contributed by atoms with Gasteiger partial charge in [-0.25, -0.2) is 0 Å². The van der Waals surface area contributed by atoms with Crippen LogP contribution >= 0.6 is 0 Å². The van der Waals surface area contributed by atoms with Crippen LogP contribution in [0.5, 0.6) is 0 Å². The highest BCUT2D eigenvalue weighted by Gasteiger charge is 2.64. The topological polar surface area (TPSA) is 3.24 Å². The first-order valence-corrected chi connectivity index (χ1v) is 14.1. The summed E-state index contributed by atoms with van der Waals surface area (Å²) in [6.07, 6.45) is 1.00. The highest BCUT2D eigenvalue weighted by Crippen LogP contribution is 2.73. The summed E-state index contributed by atoms with van der Waals surface area (Å²) in [7, 11) is 0. The number of rotatable bonds is 5. The van der Waals surface area contributed by atoms with Crippen LogP contribution in [0, 0.1) is 10.8 Å². The third-order valence-corrected chi connectivity index (χ3v) is 9.81. The van der Waals surface area contributed by atoms with Crippen molar-refractivity contribution in [2.45, 2.75) is 40.0 Å². The summed E-state index contributed by atoms with van der Waals surface area (Å²) in [4.78, 5) is 2.36. The van der Waals surface area contributed by atoms with Crippen LogP contribution in [0.3, 0.4) is 0 Å². The molecule has 0 bridgehead atoms. The maximum atomic E-state index is 2.39. The van der Waals surface area contributed by atoms with Crippen LogP contribution in [0.2, 0.25) is 0 Å². The SMILES string of the molecule is CC1(C)C(c2ccc(N(c3ccccc3)c3ccc(-c4cccc5c4Cc4ccccc4-5)cc3)cc2)C1(C)C. The Morgan fingerprint density at radius 1 is 0.513 bits per heavy atom. The van der Waals surface area contributed by atoms with Gasteiger partial charge in [0.1, 0.15) is 0 Å². The van der Waals surface area contributed by atoms with Crippen molar-refractivity contribution in [2.75, 3.05) is 4.90 Å². The van der Waals surface area contributed by atoms with E-state index in [9.17, 15) is 0 Å². The van der Waals surface area contributed by atoms with E-state index in [1.165, 1.54) is 56.0 Å². The molecule has 7 rings (SSSR count). The minimum Gasteiger partial charge on any atom is -0.311 e. The van der Waals surface area contributed by atoms with Crippen LogP contribution in [0.25, 0.3) is 22.3 Å². The lowest BCUT2D eigenvalue weighted by atomic mass is 9.95. The van der Waals surface area contributed by atoms with Crippen molar-refractivity contribution in [3.05, 3.63) is 138 Å². The molecular formula is C38H35N. The number of para-hydroxylation sites is 1. The zero-order chi connectivity index (χ0) is 26.8. The maximum Gasteiger partial charge on any atom is 0.0462 e. The van der Waals surface area contributed by atoms with Crippen molar-refractivity contribution in [2.24, 2.45) is 10.8 Å². The molecule has 2 aliphatic rings. The van der Waals surface area contributed by atoms with Crippen molar-refractivity contribution in [1.29, 1.82) is 0 Å². The van der Waals surface area contributed by atoms with Gasteiger partial charge in [-0.15, -0.1) is 0 Å². The predicted molar refractivity (Wildman–Crippen MR) is 165 cm³/mol. The van der Waals surface area contributed by atoms with Gasteiger partial charge in [-0.05, 0) is 98.5 Å². The second-order valence-corrected chi connectivity index (χ2v) is 12.4. The van der Waals surface area contributed by atoms with E-state index >= 15 is 0 Å². The number of fused-ring (bicyclic) bond motifs is 3. The molecule has 0 radical (unpaired) electrons. The Bertz CT molecular complexity index is 1640. The molecule has 1 heteroatoms. The van der Waals surface area contributed by atoms with Gasteiger partial charge in [-0.3, -0.25) is 0 Å². The molecule has 2 aliphatic carbocycles. The number of hydrogen-bond donors (Lipinski definition) is 0. The molecule has 0 aliphatic heterocycles. The normalized spacial score (nSPS) is 16.4. The second kappa shape index (κ2) is 8.71. The Hall–Kier alpha value is -4.10. The van der Waals surface area contributed by atoms with Crippen LogP contribution in [0.4, 0.5) is 17.1 Å². The minimum absolute atomic E-state index is 0.336. The summed E-state index contributed by atoms with van der Waals surface area (Å²) in [6.45, 7) is 9.57. The summed E-state index contributed by atoms with van der Waals surface area (Å²) in [5.41, 5.74) is 13.8. The van der Waals surface area contributed by atoms with Gasteiger partial charge in [0, 0.05) is 17.1 Å². The van der Waals surface area contributed by atoms with Gasteiger partial charge < -0.3 is 4.90 Å². The molecule has 39 heavy (non-hydrogen) atoms. The third-order valence-electron chi connectivity index (χ3n) is 9.81. The van der Waals surface area contributed by atoms with E-state index in [4.69, 9.17) is 0 Å². The molecule has 5 aromatic rings. The molecule has 0 atom stereocenters. The van der Waals surface area contributed by atoms with Gasteiger partial charge in [0.25, 0.3) is 0 Å². The first kappa shape index (κ1) is 24.0. The maximum absolute atomic E-state index is 2.39. The van der Waals surface area contributed by atoms with E-state index in [-0.39, 0.29) is 0 Å². The average molecular weight is 506 g/mol. The van der Waals surface area contributed by atoms with Crippen LogP contribution in [-0.2, 0) is 6.42 Å². The van der Waals surface area contributed by atoms with Crippen molar-refractivity contribution in [3.63, 3.8) is 0 Å². The third kappa shape index (κ3) is 3.75. The molecule has 192 valence electrons. The smallest absolute Gasteiger partial charge is 0.0462 e. The molecule has 0 N–H and O–H groups in total. The lowest BCUT2D eigenvalue weighted by Crippen LogP contribution is -2.09. The van der Waals surface area contributed by atoms with Gasteiger partial charge in [0.15, 0.2) is 0 Å². The van der Waals surface area contributed by atoms with E-state index in [0.717, 1.165) is 6.42 Å². The van der Waals surface area contributed by atoms with Crippen molar-refractivity contribution < 1.29 is 0 Å². The number of anilines is 3. The fourth-order valence-electron chi connectivity index (χ4n) is 7.09. The molecule has 1 nitrogen and oxygen atoms in total. The molecular weight excluding hydrogens is 470 g/mol. The van der Waals surface area contributed by atoms with Crippen LogP contribution in [-0.4, -0.2) is 0 Å². The van der Waals surface area contributed by atoms with Gasteiger partial charge in [0.05, 0.1) is 0 Å². The highest BCUT2D eigenvalue weighted by molar-refractivity contribution is 5.86. The van der Waals surface area contributed by atoms with Gasteiger partial charge >= 0.3 is 0 Å². The lowest BCUT2D eigenvalue weighted by molar-refractivity contribution is 0.457. The number of nitrogens with zero attached hydrogens (tertiary/aromatic N) is 1. The van der Waals surface area contributed by atoms with E-state index in [1.54, 1.807) is 0 Å². The molecule has 0 amide bonds. The van der Waals surface area contributed by atoms with Crippen molar-refractivity contribution in [3.8, 4) is 22.3 Å². The molecule has 0 heterocycles. The summed E-state index contributed by atoms with van der Waals surface area (Å²) in [5.74, 6) is 0.599. The largest absolute Gasteiger partial charge is 0.311 e. The van der Waals surface area contributed by atoms with Gasteiger partial charge in [-0.1, -0.05) is 113 Å². The Morgan fingerprint density at radius 3 is 1.72 bits per heavy atom. The second-order valence-electron chi connectivity index (χ2n) is 12.4. The first-order chi connectivity index (χ1) is 18.9. The fraction of sp³-hybridized carbons (Fsp3) is 0.211. The molecule has 1 fully saturated rings. The standard InChI is InChI=1S/C38H35N/c1-37(2)36(38(37,3)4)27-19-23-31(24-20-27)39(29-12-6-5-7-13-29)30-21-17-26(18-22-30)32-15-10-16-34-33-14-9-8-11-28(33)25-35(32)34/h5-24,36H,25H2,1-4H3. The summed E-state index contributed by atoms with van der Waals surface area (Å²) < 4.78 is 0. The fourth-order valence-corrected chi connectivity index (χ4v) is 7.09. The number of hydrogen-bond acceptors (Lipinski definition) is 1. The Morgan fingerprint density at radius 2 is 1.05 bits per heavy atom. The summed E-state index contributed by atoms with van der Waals surface area (Å²) >= 11 is 0. The molecule has 0 aromatic heterocycles. The van der Waals surface area contributed by atoms with Crippen molar-refractivity contribution >= 4 is 17.1 Å². The average Bonchev–Trinajstić information content (AvgIpc) is 3.20. The van der Waals surface area contributed by atoms with Crippen LogP contribution in [0.15, 0.2) is 121 Å². The quantitative estimate of drug-likeness (QED) is 0.225. The Kier molecular flexibility index (Phi) is 5.36. The molecule has 0 unspecified atom stereocenters. The molecule has 0 saturated heterocycles. The molecule has 5 aromatic carbocycles. The van der Waals surface area contributed by atoms with Gasteiger partial charge in [-0.2, -0.15) is 0 Å². The first-order valence-electron chi connectivity index (χ1n) is 14.1. The zero-order valence-corrected chi connectivity index (χ0v) is 23.3. The number of benzene rings is 5. The van der Waals surface area contributed by atoms with Crippen molar-refractivity contribution in [1.82, 2.24) is 0 Å². The monoisotopic (exact) mass is 505 g/mol. The predicted octanol–water partition coefficient (Wildman–Crippen LogP) is 10.5. The highest BCUT2D eigenvalue weighted by atomic mass is 15.1. The van der Waals surface area contributed by atoms with E-state index in [1.807, 2.05) is 0 Å². The van der Waals surface area contributed by atoms with Gasteiger partial charge in [0.2, 0.25) is 0 Å². The Labute approximate surface area is 232 Å². The van der Waals surface area contributed by atoms with E-state index in [2.05, 4.69) is 154 Å². The van der Waals surface area contributed by atoms with Crippen LogP contribution in [0.1, 0.15) is 50.3 Å². The van der Waals surface area contributed by atoms with E-state index < -0.39 is 0 Å². The zero-order valence-electron chi connectivity index (χ0n) is 23.3. The van der Waals surface area contributed by atoms with Crippen LogP contribution < -0.4 is 4.90 Å². The van der Waals surface area contributed by atoms with E-state index in [0.29, 0.717) is 16.7 Å². The molecule has 0 spiro atoms. The minimum atomic E-state index is 0.336.